The predicted octanol–water partition coefficient (Wildman–Crippen LogP) is 4.48. The number of phenols is 1. The topological polar surface area (TPSA) is 62.2 Å². The zero-order chi connectivity index (χ0) is 23.7. The van der Waals surface area contributed by atoms with E-state index in [2.05, 4.69) is 21.9 Å². The molecule has 0 saturated carbocycles. The Morgan fingerprint density at radius 3 is 2.38 bits per heavy atom. The fourth-order valence-electron chi connectivity index (χ4n) is 4.34. The Balaban J connectivity index is 1.30. The summed E-state index contributed by atoms with van der Waals surface area (Å²) in [6.45, 7) is 3.78. The average molecular weight is 461 g/mol. The Morgan fingerprint density at radius 2 is 1.71 bits per heavy atom. The first kappa shape index (κ1) is 22.0. The zero-order valence-corrected chi connectivity index (χ0v) is 18.8. The van der Waals surface area contributed by atoms with Crippen LogP contribution in [0.5, 0.6) is 17.2 Å². The molecule has 0 aliphatic carbocycles. The molecule has 1 saturated heterocycles. The maximum atomic E-state index is 13.2. The third-order valence-electron chi connectivity index (χ3n) is 6.28. The molecule has 1 fully saturated rings. The number of rotatable bonds is 5. The molecule has 0 bridgehead atoms. The number of carbonyl (C=O) groups is 1. The maximum absolute atomic E-state index is 13.2. The monoisotopic (exact) mass is 460 g/mol. The van der Waals surface area contributed by atoms with Crippen molar-refractivity contribution in [3.8, 4) is 17.2 Å². The van der Waals surface area contributed by atoms with Crippen LogP contribution < -0.4 is 14.4 Å². The first-order valence-corrected chi connectivity index (χ1v) is 11.2. The number of phenolic OH excluding ortho intramolecular Hbond substituents is 1. The summed E-state index contributed by atoms with van der Waals surface area (Å²) >= 11 is 0. The lowest BCUT2D eigenvalue weighted by molar-refractivity contribution is 0.101. The number of hydrogen-bond donors (Lipinski definition) is 1. The molecule has 174 valence electrons. The molecule has 3 aromatic rings. The summed E-state index contributed by atoms with van der Waals surface area (Å²) in [4.78, 5) is 17.4. The minimum atomic E-state index is -0.344. The first-order valence-electron chi connectivity index (χ1n) is 11.2. The quantitative estimate of drug-likeness (QED) is 0.567. The van der Waals surface area contributed by atoms with Gasteiger partial charge >= 0.3 is 0 Å². The van der Waals surface area contributed by atoms with Crippen molar-refractivity contribution in [3.63, 3.8) is 0 Å². The van der Waals surface area contributed by atoms with E-state index in [1.807, 2.05) is 12.1 Å². The van der Waals surface area contributed by atoms with Gasteiger partial charge in [0.1, 0.15) is 23.1 Å². The van der Waals surface area contributed by atoms with Gasteiger partial charge < -0.3 is 19.5 Å². The van der Waals surface area contributed by atoms with Gasteiger partial charge in [-0.25, -0.2) is 4.39 Å². The molecule has 2 heterocycles. The van der Waals surface area contributed by atoms with E-state index < -0.39 is 0 Å². The molecule has 34 heavy (non-hydrogen) atoms. The number of methoxy groups -OCH3 is 1. The summed E-state index contributed by atoms with van der Waals surface area (Å²) in [5.41, 5.74) is 2.84. The molecular formula is C27H25FN2O4. The maximum Gasteiger partial charge on any atom is 0.231 e. The molecular weight excluding hydrogens is 435 g/mol. The number of allylic oxidation sites excluding steroid dienone is 1. The van der Waals surface area contributed by atoms with Crippen molar-refractivity contribution in [2.45, 2.75) is 6.54 Å². The van der Waals surface area contributed by atoms with E-state index in [0.717, 1.165) is 37.6 Å². The van der Waals surface area contributed by atoms with Gasteiger partial charge in [-0.05, 0) is 60.2 Å². The molecule has 0 spiro atoms. The summed E-state index contributed by atoms with van der Waals surface area (Å²) in [6.07, 6.45) is 1.59. The van der Waals surface area contributed by atoms with Gasteiger partial charge in [-0.3, -0.25) is 9.69 Å². The van der Waals surface area contributed by atoms with E-state index in [4.69, 9.17) is 9.47 Å². The number of ether oxygens (including phenoxy) is 2. The molecule has 0 aromatic heterocycles. The summed E-state index contributed by atoms with van der Waals surface area (Å²) in [7, 11) is 1.66. The number of Topliss-reactive ketones (excluding diaryl/α,β-unsaturated/α-hetero) is 1. The number of ketones is 1. The molecule has 7 heteroatoms. The molecule has 3 aromatic carbocycles. The van der Waals surface area contributed by atoms with Gasteiger partial charge in [-0.2, -0.15) is 0 Å². The number of hydrogen-bond acceptors (Lipinski definition) is 6. The molecule has 0 amide bonds. The number of aromatic hydroxyl groups is 1. The van der Waals surface area contributed by atoms with Gasteiger partial charge in [0.05, 0.1) is 18.2 Å². The van der Waals surface area contributed by atoms with Crippen LogP contribution in [0, 0.1) is 5.82 Å². The lowest BCUT2D eigenvalue weighted by Gasteiger charge is -2.36. The predicted molar refractivity (Wildman–Crippen MR) is 128 cm³/mol. The van der Waals surface area contributed by atoms with Crippen molar-refractivity contribution in [3.05, 3.63) is 88.9 Å². The Bertz CT molecular complexity index is 1230. The van der Waals surface area contributed by atoms with Crippen molar-refractivity contribution in [1.82, 2.24) is 4.90 Å². The van der Waals surface area contributed by atoms with E-state index in [9.17, 15) is 14.3 Å². The van der Waals surface area contributed by atoms with Crippen molar-refractivity contribution < 1.29 is 23.8 Å². The van der Waals surface area contributed by atoms with Crippen LogP contribution >= 0.6 is 0 Å². The van der Waals surface area contributed by atoms with Crippen LogP contribution in [0.3, 0.4) is 0 Å². The van der Waals surface area contributed by atoms with E-state index in [-0.39, 0.29) is 23.1 Å². The van der Waals surface area contributed by atoms with Crippen molar-refractivity contribution in [2.75, 3.05) is 38.2 Å². The van der Waals surface area contributed by atoms with E-state index in [1.165, 1.54) is 12.1 Å². The normalized spacial score (nSPS) is 17.1. The molecule has 0 unspecified atom stereocenters. The molecule has 1 N–H and O–H groups in total. The minimum Gasteiger partial charge on any atom is -0.507 e. The highest BCUT2D eigenvalue weighted by Gasteiger charge is 2.32. The lowest BCUT2D eigenvalue weighted by Crippen LogP contribution is -2.46. The number of halogens is 1. The Hall–Kier alpha value is -3.84. The second kappa shape index (κ2) is 9.19. The van der Waals surface area contributed by atoms with Gasteiger partial charge in [0.15, 0.2) is 5.76 Å². The number of nitrogens with zero attached hydrogens (tertiary/aromatic N) is 2. The molecule has 5 rings (SSSR count). The van der Waals surface area contributed by atoms with Gasteiger partial charge in [0.2, 0.25) is 5.78 Å². The summed E-state index contributed by atoms with van der Waals surface area (Å²) in [5, 5.41) is 10.6. The molecule has 2 aliphatic rings. The lowest BCUT2D eigenvalue weighted by atomic mass is 10.0. The number of carbonyl (C=O) groups excluding carboxylic acids is 1. The van der Waals surface area contributed by atoms with E-state index >= 15 is 0 Å². The molecule has 2 aliphatic heterocycles. The molecule has 6 nitrogen and oxygen atoms in total. The second-order valence-electron chi connectivity index (χ2n) is 8.39. The average Bonchev–Trinajstić information content (AvgIpc) is 3.18. The van der Waals surface area contributed by atoms with Crippen LogP contribution in [-0.2, 0) is 6.54 Å². The van der Waals surface area contributed by atoms with E-state index in [1.54, 1.807) is 37.5 Å². The molecule has 0 atom stereocenters. The van der Waals surface area contributed by atoms with Crippen molar-refractivity contribution >= 4 is 17.5 Å². The summed E-state index contributed by atoms with van der Waals surface area (Å²) in [6, 6.07) is 17.0. The van der Waals surface area contributed by atoms with E-state index in [0.29, 0.717) is 29.0 Å². The summed E-state index contributed by atoms with van der Waals surface area (Å²) < 4.78 is 24.4. The van der Waals surface area contributed by atoms with Gasteiger partial charge in [0.25, 0.3) is 0 Å². The van der Waals surface area contributed by atoms with Crippen LogP contribution in [0.4, 0.5) is 10.1 Å². The van der Waals surface area contributed by atoms with Crippen LogP contribution in [0.15, 0.2) is 66.4 Å². The zero-order valence-electron chi connectivity index (χ0n) is 18.8. The van der Waals surface area contributed by atoms with Crippen LogP contribution in [0.1, 0.15) is 21.5 Å². The SMILES string of the molecule is COc1ccc(N2CCN(Cc3c(O)ccc4c3O/C(=C\c3ccc(F)cc3)C4=O)CC2)cc1. The van der Waals surface area contributed by atoms with Crippen molar-refractivity contribution in [2.24, 2.45) is 0 Å². The highest BCUT2D eigenvalue weighted by molar-refractivity contribution is 6.15. The fraction of sp³-hybridized carbons (Fsp3) is 0.222. The van der Waals surface area contributed by atoms with Crippen molar-refractivity contribution in [1.29, 1.82) is 0 Å². The van der Waals surface area contributed by atoms with Crippen LogP contribution in [0.25, 0.3) is 6.08 Å². The number of anilines is 1. The van der Waals surface area contributed by atoms with Crippen LogP contribution in [-0.4, -0.2) is 49.1 Å². The second-order valence-corrected chi connectivity index (χ2v) is 8.39. The smallest absolute Gasteiger partial charge is 0.231 e. The standard InChI is InChI=1S/C27H25FN2O4/c1-33-21-8-6-20(7-9-21)30-14-12-29(13-15-30)17-23-24(31)11-10-22-26(32)25(34-27(22)23)16-18-2-4-19(28)5-3-18/h2-11,16,31H,12-15,17H2,1H3/b25-16-. The Kier molecular flexibility index (Phi) is 5.94. The minimum absolute atomic E-state index is 0.104. The van der Waals surface area contributed by atoms with Gasteiger partial charge in [-0.15, -0.1) is 0 Å². The third kappa shape index (κ3) is 4.34. The highest BCUT2D eigenvalue weighted by Crippen LogP contribution is 2.40. The molecule has 0 radical (unpaired) electrons. The Labute approximate surface area is 197 Å². The summed E-state index contributed by atoms with van der Waals surface area (Å²) in [5.74, 6) is 0.910. The Morgan fingerprint density at radius 1 is 1.00 bits per heavy atom. The van der Waals surface area contributed by atoms with Crippen LogP contribution in [0.2, 0.25) is 0 Å². The van der Waals surface area contributed by atoms with Gasteiger partial charge in [-0.1, -0.05) is 12.1 Å². The number of fused-ring (bicyclic) bond motifs is 1. The number of benzene rings is 3. The largest absolute Gasteiger partial charge is 0.507 e. The third-order valence-corrected chi connectivity index (χ3v) is 6.28. The van der Waals surface area contributed by atoms with Gasteiger partial charge in [0, 0.05) is 38.4 Å². The highest BCUT2D eigenvalue weighted by atomic mass is 19.1. The first-order chi connectivity index (χ1) is 16.5. The fourth-order valence-corrected chi connectivity index (χ4v) is 4.34. The number of piperazine rings is 1.